The smallest absolute Gasteiger partial charge is 0.274 e. The van der Waals surface area contributed by atoms with Crippen LogP contribution in [0.2, 0.25) is 0 Å². The van der Waals surface area contributed by atoms with E-state index in [9.17, 15) is 9.59 Å². The summed E-state index contributed by atoms with van der Waals surface area (Å²) < 4.78 is 5.30. The van der Waals surface area contributed by atoms with Crippen LogP contribution in [0.4, 0.5) is 0 Å². The lowest BCUT2D eigenvalue weighted by atomic mass is 10.3. The van der Waals surface area contributed by atoms with Crippen LogP contribution < -0.4 is 5.32 Å². The van der Waals surface area contributed by atoms with E-state index in [4.69, 9.17) is 4.74 Å². The molecule has 1 N–H and O–H groups in total. The molecule has 1 aliphatic heterocycles. The molecular formula is C18H29N5O3. The Hall–Kier alpha value is -2.06. The molecule has 0 aliphatic carbocycles. The molecule has 2 heterocycles. The number of carbonyl (C=O) groups is 2. The summed E-state index contributed by atoms with van der Waals surface area (Å²) in [4.78, 5) is 36.8. The van der Waals surface area contributed by atoms with E-state index < -0.39 is 0 Å². The maximum Gasteiger partial charge on any atom is 0.274 e. The van der Waals surface area contributed by atoms with Gasteiger partial charge in [-0.25, -0.2) is 4.98 Å². The van der Waals surface area contributed by atoms with Gasteiger partial charge in [-0.2, -0.15) is 0 Å². The van der Waals surface area contributed by atoms with Crippen LogP contribution in [-0.2, 0) is 9.53 Å². The molecule has 0 atom stereocenters. The van der Waals surface area contributed by atoms with Crippen molar-refractivity contribution in [1.29, 1.82) is 0 Å². The van der Waals surface area contributed by atoms with E-state index >= 15 is 0 Å². The normalized spacial score (nSPS) is 14.8. The van der Waals surface area contributed by atoms with Gasteiger partial charge in [0.25, 0.3) is 5.91 Å². The number of aromatic nitrogens is 2. The summed E-state index contributed by atoms with van der Waals surface area (Å²) in [5.41, 5.74) is 1.08. The number of hydrogen-bond acceptors (Lipinski definition) is 6. The average Bonchev–Trinajstić information content (AvgIpc) is 2.66. The van der Waals surface area contributed by atoms with E-state index in [2.05, 4.69) is 20.2 Å². The van der Waals surface area contributed by atoms with Crippen molar-refractivity contribution in [1.82, 2.24) is 25.1 Å². The average molecular weight is 363 g/mol. The minimum absolute atomic E-state index is 0.0397. The maximum atomic E-state index is 12.6. The van der Waals surface area contributed by atoms with Crippen LogP contribution in [0.3, 0.4) is 0 Å². The molecule has 1 aliphatic rings. The number of amides is 2. The Labute approximate surface area is 154 Å². The van der Waals surface area contributed by atoms with Gasteiger partial charge in [-0.1, -0.05) is 6.92 Å². The lowest BCUT2D eigenvalue weighted by Gasteiger charge is -2.26. The quantitative estimate of drug-likeness (QED) is 0.686. The minimum atomic E-state index is -0.180. The number of carbonyl (C=O) groups excluding carboxylic acids is 2. The molecule has 0 unspecified atom stereocenters. The Morgan fingerprint density at radius 2 is 2.00 bits per heavy atom. The van der Waals surface area contributed by atoms with Gasteiger partial charge < -0.3 is 15.0 Å². The van der Waals surface area contributed by atoms with Crippen molar-refractivity contribution in [3.8, 4) is 0 Å². The molecule has 0 bridgehead atoms. The zero-order chi connectivity index (χ0) is 18.8. The van der Waals surface area contributed by atoms with E-state index in [1.807, 2.05) is 13.8 Å². The Kier molecular flexibility index (Phi) is 8.43. The van der Waals surface area contributed by atoms with Crippen LogP contribution in [-0.4, -0.2) is 84.1 Å². The predicted molar refractivity (Wildman–Crippen MR) is 97.8 cm³/mol. The van der Waals surface area contributed by atoms with E-state index in [0.29, 0.717) is 25.3 Å². The van der Waals surface area contributed by atoms with Gasteiger partial charge in [0.05, 0.1) is 25.1 Å². The highest BCUT2D eigenvalue weighted by Crippen LogP contribution is 2.04. The van der Waals surface area contributed by atoms with Crippen molar-refractivity contribution in [2.24, 2.45) is 0 Å². The SMILES string of the molecule is CCCN(CCC(=O)NCCN1CCOCC1)C(=O)c1cnc(C)cn1. The number of morpholine rings is 1. The second-order valence-corrected chi connectivity index (χ2v) is 6.39. The van der Waals surface area contributed by atoms with E-state index in [1.165, 1.54) is 6.20 Å². The highest BCUT2D eigenvalue weighted by Gasteiger charge is 2.18. The van der Waals surface area contributed by atoms with Crippen molar-refractivity contribution in [2.45, 2.75) is 26.7 Å². The summed E-state index contributed by atoms with van der Waals surface area (Å²) in [6, 6.07) is 0. The van der Waals surface area contributed by atoms with Crippen LogP contribution in [0.1, 0.15) is 35.9 Å². The third kappa shape index (κ3) is 6.68. The largest absolute Gasteiger partial charge is 0.379 e. The number of ether oxygens (including phenoxy) is 1. The van der Waals surface area contributed by atoms with E-state index in [0.717, 1.165) is 45.0 Å². The maximum absolute atomic E-state index is 12.6. The van der Waals surface area contributed by atoms with E-state index in [1.54, 1.807) is 11.1 Å². The van der Waals surface area contributed by atoms with Crippen molar-refractivity contribution in [3.63, 3.8) is 0 Å². The summed E-state index contributed by atoms with van der Waals surface area (Å²) >= 11 is 0. The number of hydrogen-bond donors (Lipinski definition) is 1. The first-order valence-electron chi connectivity index (χ1n) is 9.25. The Morgan fingerprint density at radius 3 is 2.65 bits per heavy atom. The van der Waals surface area contributed by atoms with Gasteiger partial charge in [0.2, 0.25) is 5.91 Å². The molecule has 2 rings (SSSR count). The van der Waals surface area contributed by atoms with Gasteiger partial charge in [0.15, 0.2) is 0 Å². The van der Waals surface area contributed by atoms with Gasteiger partial charge in [-0.05, 0) is 13.3 Å². The van der Waals surface area contributed by atoms with Crippen molar-refractivity contribution in [2.75, 3.05) is 52.5 Å². The van der Waals surface area contributed by atoms with Crippen molar-refractivity contribution < 1.29 is 14.3 Å². The van der Waals surface area contributed by atoms with E-state index in [-0.39, 0.29) is 18.2 Å². The monoisotopic (exact) mass is 363 g/mol. The highest BCUT2D eigenvalue weighted by molar-refractivity contribution is 5.92. The molecule has 0 saturated carbocycles. The summed E-state index contributed by atoms with van der Waals surface area (Å²) in [5, 5.41) is 2.93. The van der Waals surface area contributed by atoms with Gasteiger partial charge >= 0.3 is 0 Å². The zero-order valence-corrected chi connectivity index (χ0v) is 15.7. The molecule has 8 nitrogen and oxygen atoms in total. The van der Waals surface area contributed by atoms with Crippen molar-refractivity contribution >= 4 is 11.8 Å². The molecule has 0 aromatic carbocycles. The summed E-state index contributed by atoms with van der Waals surface area (Å²) in [7, 11) is 0. The lowest BCUT2D eigenvalue weighted by molar-refractivity contribution is -0.121. The summed E-state index contributed by atoms with van der Waals surface area (Å²) in [5.74, 6) is -0.220. The van der Waals surface area contributed by atoms with Crippen LogP contribution in [0, 0.1) is 6.92 Å². The first kappa shape index (κ1) is 20.3. The fraction of sp³-hybridized carbons (Fsp3) is 0.667. The Balaban J connectivity index is 1.74. The van der Waals surface area contributed by atoms with Gasteiger partial charge in [0.1, 0.15) is 5.69 Å². The Morgan fingerprint density at radius 1 is 1.23 bits per heavy atom. The second-order valence-electron chi connectivity index (χ2n) is 6.39. The van der Waals surface area contributed by atoms with Crippen LogP contribution in [0.5, 0.6) is 0 Å². The van der Waals surface area contributed by atoms with Gasteiger partial charge in [-0.15, -0.1) is 0 Å². The molecular weight excluding hydrogens is 334 g/mol. The number of nitrogens with one attached hydrogen (secondary N) is 1. The molecule has 144 valence electrons. The van der Waals surface area contributed by atoms with Crippen molar-refractivity contribution in [3.05, 3.63) is 23.8 Å². The van der Waals surface area contributed by atoms with Crippen LogP contribution in [0.25, 0.3) is 0 Å². The Bertz CT molecular complexity index is 573. The number of aryl methyl sites for hydroxylation is 1. The minimum Gasteiger partial charge on any atom is -0.379 e. The molecule has 26 heavy (non-hydrogen) atoms. The highest BCUT2D eigenvalue weighted by atomic mass is 16.5. The molecule has 1 aromatic rings. The zero-order valence-electron chi connectivity index (χ0n) is 15.7. The molecule has 1 fully saturated rings. The number of rotatable bonds is 9. The molecule has 0 spiro atoms. The third-order valence-electron chi connectivity index (χ3n) is 4.24. The summed E-state index contributed by atoms with van der Waals surface area (Å²) in [6.45, 7) is 9.57. The topological polar surface area (TPSA) is 87.7 Å². The number of nitrogens with zero attached hydrogens (tertiary/aromatic N) is 4. The predicted octanol–water partition coefficient (Wildman–Crippen LogP) is 0.476. The standard InChI is InChI=1S/C18H29N5O3/c1-3-6-23(18(25)16-14-20-15(2)13-21-16)7-4-17(24)19-5-8-22-9-11-26-12-10-22/h13-14H,3-12H2,1-2H3,(H,19,24). The molecule has 1 aromatic heterocycles. The third-order valence-corrected chi connectivity index (χ3v) is 4.24. The van der Waals surface area contributed by atoms with Gasteiger partial charge in [0, 0.05) is 51.9 Å². The fourth-order valence-electron chi connectivity index (χ4n) is 2.75. The lowest BCUT2D eigenvalue weighted by Crippen LogP contribution is -2.42. The van der Waals surface area contributed by atoms with Crippen LogP contribution in [0.15, 0.2) is 12.4 Å². The molecule has 8 heteroatoms. The summed E-state index contributed by atoms with van der Waals surface area (Å²) in [6.07, 6.45) is 4.18. The fourth-order valence-corrected chi connectivity index (χ4v) is 2.75. The molecule has 2 amide bonds. The first-order valence-corrected chi connectivity index (χ1v) is 9.25. The first-order chi connectivity index (χ1) is 12.6. The van der Waals surface area contributed by atoms with Crippen LogP contribution >= 0.6 is 0 Å². The second kappa shape index (κ2) is 10.8. The molecule has 1 saturated heterocycles. The van der Waals surface area contributed by atoms with Gasteiger partial charge in [-0.3, -0.25) is 19.5 Å². The molecule has 0 radical (unpaired) electrons.